The van der Waals surface area contributed by atoms with Gasteiger partial charge in [-0.3, -0.25) is 0 Å². The molecule has 0 spiro atoms. The van der Waals surface area contributed by atoms with Gasteiger partial charge in [-0.15, -0.1) is 0 Å². The molecule has 5 nitrogen and oxygen atoms in total. The summed E-state index contributed by atoms with van der Waals surface area (Å²) in [7, 11) is 1.53. The van der Waals surface area contributed by atoms with E-state index in [4.69, 9.17) is 10.5 Å². The molecule has 3 aromatic rings. The molecule has 2 amide bonds. The lowest BCUT2D eigenvalue weighted by atomic mass is 10.1. The zero-order valence-corrected chi connectivity index (χ0v) is 12.8. The number of hydrogen-bond donors (Lipinski definition) is 3. The molecule has 0 unspecified atom stereocenters. The number of carbonyl (C=O) groups is 1. The molecule has 0 fully saturated rings. The first-order chi connectivity index (χ1) is 10.6. The Hall–Kier alpha value is -2.60. The zero-order chi connectivity index (χ0) is 15.7. The molecule has 3 rings (SSSR count). The second-order valence-electron chi connectivity index (χ2n) is 4.81. The monoisotopic (exact) mass is 313 g/mol. The molecule has 2 aromatic carbocycles. The van der Waals surface area contributed by atoms with Crippen molar-refractivity contribution >= 4 is 35.4 Å². The van der Waals surface area contributed by atoms with Crippen molar-refractivity contribution in [3.05, 3.63) is 48.5 Å². The van der Waals surface area contributed by atoms with E-state index in [1.165, 1.54) is 7.11 Å². The molecule has 112 valence electrons. The normalized spacial score (nSPS) is 10.6. The fourth-order valence-corrected chi connectivity index (χ4v) is 2.53. The number of rotatable bonds is 3. The Balaban J connectivity index is 2.11. The first-order valence-corrected chi connectivity index (χ1v) is 7.05. The minimum atomic E-state index is -0.671. The van der Waals surface area contributed by atoms with Gasteiger partial charge in [0.05, 0.1) is 12.8 Å². The summed E-state index contributed by atoms with van der Waals surface area (Å²) in [6.07, 6.45) is 0. The molecule has 6 heteroatoms. The van der Waals surface area contributed by atoms with E-state index in [1.807, 2.05) is 36.4 Å². The predicted molar refractivity (Wildman–Crippen MR) is 91.3 cm³/mol. The van der Waals surface area contributed by atoms with Crippen molar-refractivity contribution in [2.75, 3.05) is 11.4 Å². The van der Waals surface area contributed by atoms with Gasteiger partial charge >= 0.3 is 6.03 Å². The van der Waals surface area contributed by atoms with Gasteiger partial charge in [-0.2, -0.15) is 0 Å². The highest BCUT2D eigenvalue weighted by Crippen LogP contribution is 2.34. The Kier molecular flexibility index (Phi) is 3.68. The van der Waals surface area contributed by atoms with Gasteiger partial charge in [0, 0.05) is 22.2 Å². The molecular weight excluding hydrogens is 298 g/mol. The third-order valence-corrected chi connectivity index (χ3v) is 3.87. The highest BCUT2D eigenvalue weighted by molar-refractivity contribution is 7.82. The van der Waals surface area contributed by atoms with Crippen LogP contribution in [0, 0.1) is 0 Å². The Bertz CT molecular complexity index is 811. The number of para-hydroxylation sites is 1. The number of nitrogens with two attached hydrogens (primary N) is 1. The van der Waals surface area contributed by atoms with E-state index < -0.39 is 6.03 Å². The number of anilines is 1. The average Bonchev–Trinajstić information content (AvgIpc) is 2.97. The molecule has 0 saturated heterocycles. The molecule has 0 radical (unpaired) electrons. The molecule has 1 aromatic heterocycles. The molecule has 0 saturated carbocycles. The number of H-pyrrole nitrogens is 1. The second-order valence-corrected chi connectivity index (χ2v) is 5.21. The van der Waals surface area contributed by atoms with E-state index in [9.17, 15) is 4.79 Å². The summed E-state index contributed by atoms with van der Waals surface area (Å²) in [5, 5.41) is 1.12. The van der Waals surface area contributed by atoms with E-state index in [0.29, 0.717) is 11.4 Å². The number of benzene rings is 2. The van der Waals surface area contributed by atoms with E-state index in [0.717, 1.165) is 26.5 Å². The molecule has 0 aliphatic rings. The van der Waals surface area contributed by atoms with Gasteiger partial charge in [-0.05, 0) is 30.3 Å². The number of hydrogen-bond acceptors (Lipinski definition) is 3. The van der Waals surface area contributed by atoms with Crippen molar-refractivity contribution in [2.45, 2.75) is 0 Å². The molecular formula is C16H15N3O2S. The number of fused-ring (bicyclic) bond motifs is 1. The van der Waals surface area contributed by atoms with Crippen LogP contribution in [0.25, 0.3) is 22.2 Å². The zero-order valence-electron chi connectivity index (χ0n) is 11.9. The predicted octanol–water partition coefficient (Wildman–Crippen LogP) is 3.57. The summed E-state index contributed by atoms with van der Waals surface area (Å²) in [5.41, 5.74) is 8.68. The van der Waals surface area contributed by atoms with Crippen LogP contribution >= 0.6 is 12.8 Å². The van der Waals surface area contributed by atoms with Gasteiger partial charge in [0.2, 0.25) is 0 Å². The standard InChI is InChI=1S/C16H15N3O2S/c1-21-15-7-6-11(9-14(15)19(22)16(17)20)13-8-10-4-2-3-5-12(10)18-13/h2-9,18,22H,1H3,(H2,17,20). The molecule has 3 N–H and O–H groups in total. The number of nitrogens with zero attached hydrogens (tertiary/aromatic N) is 1. The summed E-state index contributed by atoms with van der Waals surface area (Å²) < 4.78 is 6.32. The highest BCUT2D eigenvalue weighted by Gasteiger charge is 2.15. The number of amides is 2. The Morgan fingerprint density at radius 2 is 2.00 bits per heavy atom. The number of aromatic amines is 1. The van der Waals surface area contributed by atoms with Crippen LogP contribution in [0.5, 0.6) is 5.75 Å². The van der Waals surface area contributed by atoms with Crippen LogP contribution < -0.4 is 14.8 Å². The van der Waals surface area contributed by atoms with Crippen molar-refractivity contribution in [1.82, 2.24) is 4.98 Å². The number of primary amides is 1. The highest BCUT2D eigenvalue weighted by atomic mass is 32.1. The van der Waals surface area contributed by atoms with Crippen LogP contribution in [0.4, 0.5) is 10.5 Å². The number of urea groups is 1. The van der Waals surface area contributed by atoms with Crippen molar-refractivity contribution in [3.8, 4) is 17.0 Å². The lowest BCUT2D eigenvalue weighted by Crippen LogP contribution is -2.27. The van der Waals surface area contributed by atoms with E-state index in [-0.39, 0.29) is 0 Å². The van der Waals surface area contributed by atoms with Crippen molar-refractivity contribution in [2.24, 2.45) is 5.73 Å². The molecule has 0 atom stereocenters. The third-order valence-electron chi connectivity index (χ3n) is 3.46. The summed E-state index contributed by atoms with van der Waals surface area (Å²) >= 11 is 4.12. The fourth-order valence-electron chi connectivity index (χ4n) is 2.37. The molecule has 0 aliphatic heterocycles. The van der Waals surface area contributed by atoms with Crippen LogP contribution in [0.15, 0.2) is 48.5 Å². The lowest BCUT2D eigenvalue weighted by Gasteiger charge is -2.17. The van der Waals surface area contributed by atoms with Gasteiger partial charge in [0.1, 0.15) is 5.75 Å². The molecule has 22 heavy (non-hydrogen) atoms. The Labute approximate surface area is 133 Å². The van der Waals surface area contributed by atoms with Gasteiger partial charge in [-0.1, -0.05) is 31.0 Å². The third kappa shape index (κ3) is 2.48. The van der Waals surface area contributed by atoms with Crippen molar-refractivity contribution < 1.29 is 9.53 Å². The first-order valence-electron chi connectivity index (χ1n) is 6.65. The average molecular weight is 313 g/mol. The summed E-state index contributed by atoms with van der Waals surface area (Å²) in [4.78, 5) is 14.7. The minimum Gasteiger partial charge on any atom is -0.495 e. The Morgan fingerprint density at radius 3 is 2.68 bits per heavy atom. The fraction of sp³-hybridized carbons (Fsp3) is 0.0625. The number of thiol groups is 1. The topological polar surface area (TPSA) is 71.3 Å². The van der Waals surface area contributed by atoms with Crippen LogP contribution in [0.3, 0.4) is 0 Å². The van der Waals surface area contributed by atoms with Crippen molar-refractivity contribution in [1.29, 1.82) is 0 Å². The number of carbonyl (C=O) groups excluding carboxylic acids is 1. The Morgan fingerprint density at radius 1 is 1.23 bits per heavy atom. The summed E-state index contributed by atoms with van der Waals surface area (Å²) in [5.74, 6) is 0.522. The maximum atomic E-state index is 11.4. The molecule has 1 heterocycles. The van der Waals surface area contributed by atoms with Crippen LogP contribution in [-0.4, -0.2) is 18.1 Å². The molecule has 0 aliphatic carbocycles. The number of ether oxygens (including phenoxy) is 1. The van der Waals surface area contributed by atoms with Crippen LogP contribution in [-0.2, 0) is 0 Å². The van der Waals surface area contributed by atoms with Gasteiger partial charge in [0.15, 0.2) is 0 Å². The van der Waals surface area contributed by atoms with E-state index in [2.05, 4.69) is 17.8 Å². The van der Waals surface area contributed by atoms with Crippen LogP contribution in [0.2, 0.25) is 0 Å². The van der Waals surface area contributed by atoms with Gasteiger partial charge in [-0.25, -0.2) is 9.10 Å². The maximum Gasteiger partial charge on any atom is 0.329 e. The SMILES string of the molecule is COc1ccc(-c2cc3ccccc3[nH]2)cc1N(S)C(N)=O. The van der Waals surface area contributed by atoms with Gasteiger partial charge < -0.3 is 15.5 Å². The van der Waals surface area contributed by atoms with Crippen molar-refractivity contribution in [3.63, 3.8) is 0 Å². The first kappa shape index (κ1) is 14.3. The van der Waals surface area contributed by atoms with Crippen LogP contribution in [0.1, 0.15) is 0 Å². The largest absolute Gasteiger partial charge is 0.495 e. The number of aromatic nitrogens is 1. The summed E-state index contributed by atoms with van der Waals surface area (Å²) in [6, 6.07) is 14.9. The maximum absolute atomic E-state index is 11.4. The minimum absolute atomic E-state index is 0.495. The van der Waals surface area contributed by atoms with E-state index in [1.54, 1.807) is 12.1 Å². The smallest absolute Gasteiger partial charge is 0.329 e. The quantitative estimate of drug-likeness (QED) is 0.647. The number of methoxy groups -OCH3 is 1. The van der Waals surface area contributed by atoms with E-state index >= 15 is 0 Å². The van der Waals surface area contributed by atoms with Gasteiger partial charge in [0.25, 0.3) is 0 Å². The lowest BCUT2D eigenvalue weighted by molar-refractivity contribution is 0.257. The number of nitrogens with one attached hydrogen (secondary N) is 1. The molecule has 0 bridgehead atoms. The second kappa shape index (κ2) is 5.65. The summed E-state index contributed by atoms with van der Waals surface area (Å²) in [6.45, 7) is 0.